The van der Waals surface area contributed by atoms with Crippen LogP contribution in [0.1, 0.15) is 6.42 Å². The second-order valence-corrected chi connectivity index (χ2v) is 10.3. The SMILES string of the molecule is COCC1CNCC(Nc2nccc(-c3cccnc3Oc3cc(F)c(NS(C)(=O)=O)c(F)c3F)n2)C1. The van der Waals surface area contributed by atoms with E-state index >= 15 is 0 Å². The molecule has 4 rings (SSSR count). The molecule has 0 bridgehead atoms. The van der Waals surface area contributed by atoms with Gasteiger partial charge >= 0.3 is 0 Å². The first-order chi connectivity index (χ1) is 17.6. The Kier molecular flexibility index (Phi) is 8.10. The van der Waals surface area contributed by atoms with E-state index in [2.05, 4.69) is 25.6 Å². The highest BCUT2D eigenvalue weighted by Gasteiger charge is 2.25. The van der Waals surface area contributed by atoms with Crippen molar-refractivity contribution < 1.29 is 31.1 Å². The molecule has 198 valence electrons. The fraction of sp³-hybridized carbons (Fsp3) is 0.348. The Labute approximate surface area is 211 Å². The molecule has 1 saturated heterocycles. The zero-order valence-corrected chi connectivity index (χ0v) is 20.8. The summed E-state index contributed by atoms with van der Waals surface area (Å²) in [7, 11) is -2.40. The van der Waals surface area contributed by atoms with Crippen LogP contribution in [0.3, 0.4) is 0 Å². The molecule has 0 spiro atoms. The highest BCUT2D eigenvalue weighted by molar-refractivity contribution is 7.92. The summed E-state index contributed by atoms with van der Waals surface area (Å²) in [5, 5.41) is 6.62. The number of halogens is 3. The van der Waals surface area contributed by atoms with Crippen molar-refractivity contribution in [2.24, 2.45) is 5.92 Å². The molecule has 2 aromatic heterocycles. The molecule has 1 fully saturated rings. The number of anilines is 2. The molecule has 3 aromatic rings. The fourth-order valence-corrected chi connectivity index (χ4v) is 4.52. The largest absolute Gasteiger partial charge is 0.435 e. The minimum atomic E-state index is -4.05. The third-order valence-electron chi connectivity index (χ3n) is 5.50. The van der Waals surface area contributed by atoms with Crippen LogP contribution in [0.5, 0.6) is 11.6 Å². The Hall–Kier alpha value is -3.49. The number of nitrogens with zero attached hydrogens (tertiary/aromatic N) is 3. The number of benzene rings is 1. The van der Waals surface area contributed by atoms with Crippen LogP contribution in [0.2, 0.25) is 0 Å². The van der Waals surface area contributed by atoms with E-state index in [0.29, 0.717) is 42.1 Å². The summed E-state index contributed by atoms with van der Waals surface area (Å²) in [5.74, 6) is -5.02. The summed E-state index contributed by atoms with van der Waals surface area (Å²) >= 11 is 0. The van der Waals surface area contributed by atoms with Gasteiger partial charge in [-0.3, -0.25) is 4.72 Å². The summed E-state index contributed by atoms with van der Waals surface area (Å²) in [6, 6.07) is 5.36. The van der Waals surface area contributed by atoms with Gasteiger partial charge in [-0.15, -0.1) is 0 Å². The maximum atomic E-state index is 14.7. The molecule has 1 aliphatic rings. The molecule has 3 N–H and O–H groups in total. The average molecular weight is 539 g/mol. The third-order valence-corrected chi connectivity index (χ3v) is 6.07. The van der Waals surface area contributed by atoms with Crippen LogP contribution in [0, 0.1) is 23.4 Å². The van der Waals surface area contributed by atoms with Crippen LogP contribution in [-0.4, -0.2) is 62.5 Å². The van der Waals surface area contributed by atoms with Crippen molar-refractivity contribution in [1.29, 1.82) is 0 Å². The van der Waals surface area contributed by atoms with E-state index in [1.165, 1.54) is 12.4 Å². The second-order valence-electron chi connectivity index (χ2n) is 8.51. The van der Waals surface area contributed by atoms with Crippen LogP contribution >= 0.6 is 0 Å². The number of hydrogen-bond acceptors (Lipinski definition) is 9. The number of pyridine rings is 1. The van der Waals surface area contributed by atoms with E-state index in [4.69, 9.17) is 9.47 Å². The quantitative estimate of drug-likeness (QED) is 0.352. The van der Waals surface area contributed by atoms with Gasteiger partial charge in [0, 0.05) is 44.7 Å². The van der Waals surface area contributed by atoms with Gasteiger partial charge in [-0.25, -0.2) is 32.2 Å². The van der Waals surface area contributed by atoms with Crippen LogP contribution in [0.15, 0.2) is 36.7 Å². The molecule has 0 amide bonds. The van der Waals surface area contributed by atoms with Gasteiger partial charge < -0.3 is 20.1 Å². The van der Waals surface area contributed by atoms with E-state index in [1.54, 1.807) is 30.0 Å². The van der Waals surface area contributed by atoms with E-state index in [-0.39, 0.29) is 11.9 Å². The Morgan fingerprint density at radius 2 is 1.95 bits per heavy atom. The molecule has 1 aliphatic heterocycles. The number of hydrogen-bond donors (Lipinski definition) is 3. The predicted octanol–water partition coefficient (Wildman–Crippen LogP) is 3.16. The normalized spacial score (nSPS) is 17.9. The fourth-order valence-electron chi connectivity index (χ4n) is 3.96. The van der Waals surface area contributed by atoms with E-state index in [0.717, 1.165) is 19.5 Å². The monoisotopic (exact) mass is 538 g/mol. The summed E-state index contributed by atoms with van der Waals surface area (Å²) < 4.78 is 78.5. The molecule has 3 heterocycles. The molecule has 0 aliphatic carbocycles. The summed E-state index contributed by atoms with van der Waals surface area (Å²) in [6.07, 6.45) is 4.42. The topological polar surface area (TPSA) is 127 Å². The van der Waals surface area contributed by atoms with Crippen molar-refractivity contribution in [3.8, 4) is 22.9 Å². The van der Waals surface area contributed by atoms with E-state index < -0.39 is 38.9 Å². The van der Waals surface area contributed by atoms with E-state index in [1.807, 2.05) is 0 Å². The lowest BCUT2D eigenvalue weighted by molar-refractivity contribution is 0.134. The minimum Gasteiger partial charge on any atom is -0.435 e. The van der Waals surface area contributed by atoms with Gasteiger partial charge in [-0.05, 0) is 30.5 Å². The zero-order chi connectivity index (χ0) is 26.6. The van der Waals surface area contributed by atoms with Crippen molar-refractivity contribution in [1.82, 2.24) is 20.3 Å². The number of rotatable bonds is 9. The molecular formula is C23H25F3N6O4S. The molecule has 37 heavy (non-hydrogen) atoms. The molecule has 2 unspecified atom stereocenters. The van der Waals surface area contributed by atoms with Crippen LogP contribution in [0.25, 0.3) is 11.3 Å². The van der Waals surface area contributed by atoms with Gasteiger partial charge in [0.15, 0.2) is 17.4 Å². The van der Waals surface area contributed by atoms with E-state index in [9.17, 15) is 21.6 Å². The summed E-state index contributed by atoms with van der Waals surface area (Å²) in [4.78, 5) is 12.8. The molecule has 0 radical (unpaired) electrons. The van der Waals surface area contributed by atoms with Crippen molar-refractivity contribution in [3.05, 3.63) is 54.1 Å². The van der Waals surface area contributed by atoms with Crippen LogP contribution in [0.4, 0.5) is 24.8 Å². The average Bonchev–Trinajstić information content (AvgIpc) is 2.85. The lowest BCUT2D eigenvalue weighted by atomic mass is 9.96. The summed E-state index contributed by atoms with van der Waals surface area (Å²) in [6.45, 7) is 2.20. The predicted molar refractivity (Wildman–Crippen MR) is 130 cm³/mol. The first-order valence-electron chi connectivity index (χ1n) is 11.2. The molecule has 10 nitrogen and oxygen atoms in total. The van der Waals surface area contributed by atoms with Crippen molar-refractivity contribution in [3.63, 3.8) is 0 Å². The van der Waals surface area contributed by atoms with Crippen LogP contribution < -0.4 is 20.1 Å². The first-order valence-corrected chi connectivity index (χ1v) is 13.1. The number of aromatic nitrogens is 3. The molecule has 2 atom stereocenters. The molecular weight excluding hydrogens is 513 g/mol. The Balaban J connectivity index is 1.59. The molecule has 14 heteroatoms. The van der Waals surface area contributed by atoms with Gasteiger partial charge in [0.05, 0.1) is 24.1 Å². The van der Waals surface area contributed by atoms with Crippen LogP contribution in [-0.2, 0) is 14.8 Å². The maximum Gasteiger partial charge on any atom is 0.230 e. The van der Waals surface area contributed by atoms with Gasteiger partial charge in [-0.2, -0.15) is 4.39 Å². The van der Waals surface area contributed by atoms with Crippen molar-refractivity contribution >= 4 is 21.7 Å². The number of sulfonamides is 1. The van der Waals surface area contributed by atoms with Gasteiger partial charge in [0.2, 0.25) is 27.7 Å². The van der Waals surface area contributed by atoms with Gasteiger partial charge in [0.1, 0.15) is 5.69 Å². The standard InChI is InChI=1S/C23H25F3N6O4S/c1-35-12-13-8-14(11-27-10-13)30-23-29-7-5-17(31-23)15-4-3-6-28-22(15)36-18-9-16(24)21(20(26)19(18)25)32-37(2,33)34/h3-7,9,13-14,27,32H,8,10-12H2,1-2H3,(H,29,30,31). The third kappa shape index (κ3) is 6.64. The van der Waals surface area contributed by atoms with Gasteiger partial charge in [-0.1, -0.05) is 0 Å². The molecule has 0 saturated carbocycles. The smallest absolute Gasteiger partial charge is 0.230 e. The molecule has 1 aromatic carbocycles. The first kappa shape index (κ1) is 26.6. The highest BCUT2D eigenvalue weighted by Crippen LogP contribution is 2.35. The Morgan fingerprint density at radius 3 is 2.70 bits per heavy atom. The number of methoxy groups -OCH3 is 1. The van der Waals surface area contributed by atoms with Crippen molar-refractivity contribution in [2.75, 3.05) is 43.1 Å². The lowest BCUT2D eigenvalue weighted by Gasteiger charge is -2.30. The number of nitrogens with one attached hydrogen (secondary N) is 3. The second kappa shape index (κ2) is 11.3. The highest BCUT2D eigenvalue weighted by atomic mass is 32.2. The minimum absolute atomic E-state index is 0.0628. The number of piperidine rings is 1. The zero-order valence-electron chi connectivity index (χ0n) is 20.0. The number of ether oxygens (including phenoxy) is 2. The van der Waals surface area contributed by atoms with Crippen molar-refractivity contribution in [2.45, 2.75) is 12.5 Å². The lowest BCUT2D eigenvalue weighted by Crippen LogP contribution is -2.44. The van der Waals surface area contributed by atoms with Gasteiger partial charge in [0.25, 0.3) is 0 Å². The Morgan fingerprint density at radius 1 is 1.14 bits per heavy atom. The maximum absolute atomic E-state index is 14.7. The Bertz CT molecular complexity index is 1380. The summed E-state index contributed by atoms with van der Waals surface area (Å²) in [5.41, 5.74) is -0.467.